The van der Waals surface area contributed by atoms with Crippen LogP contribution in [0.15, 0.2) is 42.6 Å². The summed E-state index contributed by atoms with van der Waals surface area (Å²) in [6, 6.07) is 9.67. The number of hydrogen-bond acceptors (Lipinski definition) is 7. The van der Waals surface area contributed by atoms with Crippen LogP contribution in [0, 0.1) is 11.7 Å². The number of aliphatic hydroxyl groups is 1. The van der Waals surface area contributed by atoms with Crippen LogP contribution in [0.2, 0.25) is 5.02 Å². The summed E-state index contributed by atoms with van der Waals surface area (Å²) in [5.41, 5.74) is 5.03. The molecule has 44 heavy (non-hydrogen) atoms. The number of ether oxygens (including phenoxy) is 2. The monoisotopic (exact) mass is 619 g/mol. The number of methoxy groups -OCH3 is 1. The lowest BCUT2D eigenvalue weighted by Gasteiger charge is -2.30. The summed E-state index contributed by atoms with van der Waals surface area (Å²) in [6.07, 6.45) is 5.45. The molecule has 2 amide bonds. The van der Waals surface area contributed by atoms with Crippen LogP contribution >= 0.6 is 11.6 Å². The molecule has 228 valence electrons. The molecule has 3 aliphatic rings. The molecule has 4 aromatic rings. The minimum absolute atomic E-state index is 0.0526. The summed E-state index contributed by atoms with van der Waals surface area (Å²) < 4.78 is 27.9. The van der Waals surface area contributed by atoms with Crippen molar-refractivity contribution >= 4 is 34.3 Å². The van der Waals surface area contributed by atoms with E-state index in [9.17, 15) is 19.1 Å². The van der Waals surface area contributed by atoms with Crippen molar-refractivity contribution in [3.63, 3.8) is 0 Å². The Balaban J connectivity index is 1.27. The maximum atomic E-state index is 14.6. The van der Waals surface area contributed by atoms with Gasteiger partial charge in [-0.2, -0.15) is 5.10 Å². The normalized spacial score (nSPS) is 20.6. The summed E-state index contributed by atoms with van der Waals surface area (Å²) >= 11 is 6.37. The molecule has 3 heterocycles. The van der Waals surface area contributed by atoms with Gasteiger partial charge in [0.1, 0.15) is 46.1 Å². The topological polar surface area (TPSA) is 142 Å². The van der Waals surface area contributed by atoms with E-state index in [1.54, 1.807) is 31.2 Å². The zero-order chi connectivity index (χ0) is 31.0. The molecule has 12 heteroatoms. The largest absolute Gasteiger partial charge is 0.494 e. The fraction of sp³-hybridized carbons (Fsp3) is 0.375. The highest BCUT2D eigenvalue weighted by atomic mass is 35.5. The molecule has 2 saturated carbocycles. The summed E-state index contributed by atoms with van der Waals surface area (Å²) in [5, 5.41) is 20.3. The molecule has 0 radical (unpaired) electrons. The van der Waals surface area contributed by atoms with Gasteiger partial charge in [0.25, 0.3) is 5.91 Å². The summed E-state index contributed by atoms with van der Waals surface area (Å²) in [5.74, 6) is -1.18. The van der Waals surface area contributed by atoms with Crippen LogP contribution < -0.4 is 20.5 Å². The Labute approximate surface area is 257 Å². The van der Waals surface area contributed by atoms with Gasteiger partial charge in [0.05, 0.1) is 30.4 Å². The van der Waals surface area contributed by atoms with Crippen LogP contribution in [0.5, 0.6) is 11.5 Å². The maximum Gasteiger partial charge on any atom is 0.251 e. The van der Waals surface area contributed by atoms with Gasteiger partial charge in [0.2, 0.25) is 5.91 Å². The number of nitrogens with one attached hydrogen (secondary N) is 1. The van der Waals surface area contributed by atoms with Crippen LogP contribution in [0.4, 0.5) is 4.39 Å². The molecular weight excluding hydrogens is 589 g/mol. The van der Waals surface area contributed by atoms with E-state index in [1.807, 2.05) is 10.9 Å². The Morgan fingerprint density at radius 1 is 1.27 bits per heavy atom. The Morgan fingerprint density at radius 2 is 2.05 bits per heavy atom. The lowest BCUT2D eigenvalue weighted by atomic mass is 9.81. The van der Waals surface area contributed by atoms with Crippen molar-refractivity contribution in [1.82, 2.24) is 20.1 Å². The number of hydrogen-bond donors (Lipinski definition) is 3. The number of carbonyl (C=O) groups excluding carboxylic acids is 2. The molecule has 2 fully saturated rings. The van der Waals surface area contributed by atoms with E-state index < -0.39 is 28.6 Å². The first-order valence-corrected chi connectivity index (χ1v) is 14.9. The second-order valence-electron chi connectivity index (χ2n) is 12.2. The quantitative estimate of drug-likeness (QED) is 0.252. The molecule has 0 saturated heterocycles. The van der Waals surface area contributed by atoms with Crippen molar-refractivity contribution in [1.29, 1.82) is 0 Å². The molecule has 4 N–H and O–H groups in total. The summed E-state index contributed by atoms with van der Waals surface area (Å²) in [7, 11) is 1.53. The van der Waals surface area contributed by atoms with Crippen LogP contribution in [0.3, 0.4) is 0 Å². The summed E-state index contributed by atoms with van der Waals surface area (Å²) in [6.45, 7) is 1.42. The number of amides is 2. The highest BCUT2D eigenvalue weighted by molar-refractivity contribution is 6.33. The number of rotatable bonds is 9. The number of halogens is 2. The van der Waals surface area contributed by atoms with Crippen LogP contribution in [0.25, 0.3) is 22.2 Å². The molecule has 2 aromatic carbocycles. The smallest absolute Gasteiger partial charge is 0.251 e. The SMILES string of the molecule is COc1cc(C(=O)NC[C@](O)(c2cc3c(c(-c4cccc(F)c4Cl)n2)OC[C@]3(C)C(N)=O)C2CC2)cc2cn(C3CC3)nc12. The number of pyridine rings is 1. The fourth-order valence-corrected chi connectivity index (χ4v) is 6.15. The summed E-state index contributed by atoms with van der Waals surface area (Å²) in [4.78, 5) is 30.9. The predicted molar refractivity (Wildman–Crippen MR) is 160 cm³/mol. The third-order valence-corrected chi connectivity index (χ3v) is 9.42. The number of carbonyl (C=O) groups is 2. The van der Waals surface area contributed by atoms with Crippen molar-refractivity contribution in [3.05, 3.63) is 70.3 Å². The number of fused-ring (bicyclic) bond motifs is 2. The average molecular weight is 620 g/mol. The molecule has 10 nitrogen and oxygen atoms in total. The lowest BCUT2D eigenvalue weighted by molar-refractivity contribution is -0.123. The number of nitrogens with zero attached hydrogens (tertiary/aromatic N) is 3. The van der Waals surface area contributed by atoms with E-state index in [0.29, 0.717) is 41.3 Å². The van der Waals surface area contributed by atoms with Crippen molar-refractivity contribution in [2.75, 3.05) is 20.3 Å². The first kappa shape index (κ1) is 28.5. The zero-order valence-electron chi connectivity index (χ0n) is 24.2. The molecular formula is C32H31ClFN5O5. The van der Waals surface area contributed by atoms with Gasteiger partial charge >= 0.3 is 0 Å². The van der Waals surface area contributed by atoms with Crippen LogP contribution in [-0.2, 0) is 15.8 Å². The van der Waals surface area contributed by atoms with Gasteiger partial charge in [0.15, 0.2) is 0 Å². The van der Waals surface area contributed by atoms with Crippen molar-refractivity contribution in [2.45, 2.75) is 49.7 Å². The second kappa shape index (κ2) is 10.2. The first-order chi connectivity index (χ1) is 21.0. The molecule has 2 atom stereocenters. The van der Waals surface area contributed by atoms with Crippen molar-refractivity contribution < 1.29 is 28.6 Å². The van der Waals surface area contributed by atoms with Gasteiger partial charge in [-0.1, -0.05) is 23.7 Å². The Bertz CT molecular complexity index is 1850. The van der Waals surface area contributed by atoms with Gasteiger partial charge in [0, 0.05) is 28.3 Å². The minimum atomic E-state index is -1.62. The molecule has 0 bridgehead atoms. The van der Waals surface area contributed by atoms with Gasteiger partial charge in [-0.3, -0.25) is 14.3 Å². The van der Waals surface area contributed by atoms with Gasteiger partial charge < -0.3 is 25.6 Å². The van der Waals surface area contributed by atoms with E-state index in [1.165, 1.54) is 19.2 Å². The number of aromatic nitrogens is 3. The molecule has 1 aliphatic heterocycles. The zero-order valence-corrected chi connectivity index (χ0v) is 24.9. The minimum Gasteiger partial charge on any atom is -0.494 e. The van der Waals surface area contributed by atoms with E-state index in [2.05, 4.69) is 10.4 Å². The Morgan fingerprint density at radius 3 is 2.73 bits per heavy atom. The van der Waals surface area contributed by atoms with Crippen LogP contribution in [0.1, 0.15) is 60.3 Å². The first-order valence-electron chi connectivity index (χ1n) is 14.5. The van der Waals surface area contributed by atoms with E-state index in [0.717, 1.165) is 18.2 Å². The average Bonchev–Trinajstić information content (AvgIpc) is 3.96. The number of primary amides is 1. The fourth-order valence-electron chi connectivity index (χ4n) is 5.93. The van der Waals surface area contributed by atoms with E-state index in [4.69, 9.17) is 31.8 Å². The molecule has 0 unspecified atom stereocenters. The van der Waals surface area contributed by atoms with Crippen molar-refractivity contribution in [3.8, 4) is 22.8 Å². The van der Waals surface area contributed by atoms with Crippen LogP contribution in [-0.4, -0.2) is 51.9 Å². The highest BCUT2D eigenvalue weighted by Crippen LogP contribution is 2.50. The third kappa shape index (κ3) is 4.57. The molecule has 0 spiro atoms. The molecule has 2 aliphatic carbocycles. The van der Waals surface area contributed by atoms with Crippen molar-refractivity contribution in [2.24, 2.45) is 11.7 Å². The maximum absolute atomic E-state index is 14.6. The molecule has 2 aromatic heterocycles. The number of benzene rings is 2. The lowest BCUT2D eigenvalue weighted by Crippen LogP contribution is -2.44. The Hall–Kier alpha value is -4.22. The predicted octanol–water partition coefficient (Wildman–Crippen LogP) is 4.40. The third-order valence-electron chi connectivity index (χ3n) is 9.03. The van der Waals surface area contributed by atoms with E-state index >= 15 is 0 Å². The standard InChI is InChI=1S/C32H31ClFN5O5/c1-31(30(35)41)15-44-28-21(31)12-24(37-27(28)20-4-3-5-22(34)25(20)33)32(42,18-6-7-18)14-36-29(40)16-10-17-13-39(19-8-9-19)38-26(17)23(11-16)43-2/h3-5,10-13,18-19,42H,6-9,14-15H2,1-2H3,(H2,35,41)(H,36,40)/t31-,32+/m0/s1. The van der Waals surface area contributed by atoms with Gasteiger partial charge in [-0.25, -0.2) is 9.37 Å². The highest BCUT2D eigenvalue weighted by Gasteiger charge is 2.50. The van der Waals surface area contributed by atoms with Gasteiger partial charge in [-0.15, -0.1) is 0 Å². The Kier molecular flexibility index (Phi) is 6.60. The number of nitrogens with two attached hydrogens (primary N) is 1. The second-order valence-corrected chi connectivity index (χ2v) is 12.5. The van der Waals surface area contributed by atoms with Gasteiger partial charge in [-0.05, 0) is 62.8 Å². The molecule has 7 rings (SSSR count). The van der Waals surface area contributed by atoms with E-state index in [-0.39, 0.29) is 46.8 Å².